The zero-order valence-electron chi connectivity index (χ0n) is 12.2. The van der Waals surface area contributed by atoms with Crippen molar-refractivity contribution in [1.29, 1.82) is 0 Å². The van der Waals surface area contributed by atoms with E-state index in [-0.39, 0.29) is 0 Å². The molecule has 1 aliphatic rings. The normalized spacial score (nSPS) is 20.5. The lowest BCUT2D eigenvalue weighted by Gasteiger charge is -2.21. The molecular formula is C16H20ClN3S. The fourth-order valence-electron chi connectivity index (χ4n) is 2.87. The summed E-state index contributed by atoms with van der Waals surface area (Å²) in [5.41, 5.74) is 1.38. The average Bonchev–Trinajstić information content (AvgIpc) is 2.82. The molecule has 3 rings (SSSR count). The molecule has 3 nitrogen and oxygen atoms in total. The highest BCUT2D eigenvalue weighted by Gasteiger charge is 2.21. The van der Waals surface area contributed by atoms with Crippen molar-refractivity contribution in [3.05, 3.63) is 46.4 Å². The summed E-state index contributed by atoms with van der Waals surface area (Å²) < 4.78 is 0. The van der Waals surface area contributed by atoms with Crippen LogP contribution in [0.1, 0.15) is 12.5 Å². The smallest absolute Gasteiger partial charge is 0.186 e. The van der Waals surface area contributed by atoms with Crippen LogP contribution in [0.5, 0.6) is 0 Å². The van der Waals surface area contributed by atoms with Crippen molar-refractivity contribution in [1.82, 2.24) is 9.88 Å². The maximum Gasteiger partial charge on any atom is 0.186 e. The van der Waals surface area contributed by atoms with Gasteiger partial charge in [0, 0.05) is 38.1 Å². The number of anilines is 1. The number of benzene rings is 1. The van der Waals surface area contributed by atoms with Crippen LogP contribution < -0.4 is 4.90 Å². The topological polar surface area (TPSA) is 19.4 Å². The van der Waals surface area contributed by atoms with Gasteiger partial charge in [-0.3, -0.25) is 4.90 Å². The predicted molar refractivity (Wildman–Crippen MR) is 90.2 cm³/mol. The molecule has 112 valence electrons. The number of rotatable bonds is 3. The lowest BCUT2D eigenvalue weighted by molar-refractivity contribution is 0.257. The van der Waals surface area contributed by atoms with Crippen LogP contribution in [0.2, 0.25) is 5.15 Å². The zero-order valence-corrected chi connectivity index (χ0v) is 13.8. The second kappa shape index (κ2) is 6.77. The molecule has 0 spiro atoms. The Morgan fingerprint density at radius 2 is 2.05 bits per heavy atom. The van der Waals surface area contributed by atoms with Gasteiger partial charge in [-0.15, -0.1) is 11.3 Å². The largest absolute Gasteiger partial charge is 0.346 e. The molecule has 21 heavy (non-hydrogen) atoms. The lowest BCUT2D eigenvalue weighted by Crippen LogP contribution is -2.30. The van der Waals surface area contributed by atoms with Crippen LogP contribution in [-0.4, -0.2) is 36.1 Å². The third kappa shape index (κ3) is 3.96. The molecule has 5 heteroatoms. The molecule has 2 aromatic rings. The molecule has 0 radical (unpaired) electrons. The van der Waals surface area contributed by atoms with Crippen LogP contribution in [0, 0.1) is 5.92 Å². The summed E-state index contributed by atoms with van der Waals surface area (Å²) >= 11 is 7.59. The Labute approximate surface area is 135 Å². The standard InChI is InChI=1S/C16H20ClN3S/c1-13-9-19(11-14-5-3-2-4-6-14)7-8-20(10-13)16-18-15(17)12-21-16/h2-6,12-13H,7-11H2,1H3. The number of hydrogen-bond donors (Lipinski definition) is 0. The van der Waals surface area contributed by atoms with E-state index >= 15 is 0 Å². The average molecular weight is 322 g/mol. The first-order valence-electron chi connectivity index (χ1n) is 7.33. The van der Waals surface area contributed by atoms with Crippen molar-refractivity contribution >= 4 is 28.1 Å². The summed E-state index contributed by atoms with van der Waals surface area (Å²) in [5.74, 6) is 0.624. The van der Waals surface area contributed by atoms with Gasteiger partial charge in [0.25, 0.3) is 0 Å². The minimum atomic E-state index is 0.605. The molecule has 1 aliphatic heterocycles. The molecular weight excluding hydrogens is 302 g/mol. The summed E-state index contributed by atoms with van der Waals surface area (Å²) in [5, 5.41) is 3.57. The Balaban J connectivity index is 1.65. The first kappa shape index (κ1) is 14.8. The van der Waals surface area contributed by atoms with Crippen molar-refractivity contribution in [3.63, 3.8) is 0 Å². The Morgan fingerprint density at radius 1 is 1.24 bits per heavy atom. The SMILES string of the molecule is CC1CN(Cc2ccccc2)CCN(c2nc(Cl)cs2)C1. The summed E-state index contributed by atoms with van der Waals surface area (Å²) in [6.07, 6.45) is 0. The molecule has 1 aromatic heterocycles. The van der Waals surface area contributed by atoms with Gasteiger partial charge in [0.15, 0.2) is 5.13 Å². The maximum absolute atomic E-state index is 5.96. The van der Waals surface area contributed by atoms with Crippen molar-refractivity contribution in [3.8, 4) is 0 Å². The molecule has 1 saturated heterocycles. The molecule has 1 unspecified atom stereocenters. The monoisotopic (exact) mass is 321 g/mol. The van der Waals surface area contributed by atoms with Gasteiger partial charge in [-0.25, -0.2) is 4.98 Å². The summed E-state index contributed by atoms with van der Waals surface area (Å²) in [4.78, 5) is 9.32. The molecule has 0 N–H and O–H groups in total. The van der Waals surface area contributed by atoms with E-state index in [0.29, 0.717) is 11.1 Å². The number of thiazole rings is 1. The Bertz CT molecular complexity index is 572. The predicted octanol–water partition coefficient (Wildman–Crippen LogP) is 3.75. The van der Waals surface area contributed by atoms with Crippen LogP contribution in [0.25, 0.3) is 0 Å². The maximum atomic E-state index is 5.96. The van der Waals surface area contributed by atoms with Crippen LogP contribution in [0.15, 0.2) is 35.7 Å². The van der Waals surface area contributed by atoms with Crippen LogP contribution >= 0.6 is 22.9 Å². The van der Waals surface area contributed by atoms with Crippen LogP contribution in [0.3, 0.4) is 0 Å². The first-order valence-corrected chi connectivity index (χ1v) is 8.59. The third-order valence-electron chi connectivity index (χ3n) is 3.77. The van der Waals surface area contributed by atoms with E-state index in [0.717, 1.165) is 37.9 Å². The van der Waals surface area contributed by atoms with Crippen molar-refractivity contribution in [2.75, 3.05) is 31.1 Å². The number of halogens is 1. The van der Waals surface area contributed by atoms with Gasteiger partial charge < -0.3 is 4.90 Å². The Morgan fingerprint density at radius 3 is 2.76 bits per heavy atom. The van der Waals surface area contributed by atoms with E-state index in [1.807, 2.05) is 5.38 Å². The van der Waals surface area contributed by atoms with Crippen molar-refractivity contribution in [2.45, 2.75) is 13.5 Å². The highest BCUT2D eigenvalue weighted by atomic mass is 35.5. The second-order valence-electron chi connectivity index (χ2n) is 5.72. The molecule has 1 fully saturated rings. The second-order valence-corrected chi connectivity index (χ2v) is 6.95. The minimum absolute atomic E-state index is 0.605. The van der Waals surface area contributed by atoms with Crippen LogP contribution in [-0.2, 0) is 6.54 Å². The quantitative estimate of drug-likeness (QED) is 0.858. The highest BCUT2D eigenvalue weighted by molar-refractivity contribution is 7.14. The van der Waals surface area contributed by atoms with Gasteiger partial charge in [-0.05, 0) is 11.5 Å². The van der Waals surface area contributed by atoms with E-state index in [2.05, 4.69) is 52.0 Å². The summed E-state index contributed by atoms with van der Waals surface area (Å²) in [7, 11) is 0. The van der Waals surface area contributed by atoms with Gasteiger partial charge in [-0.2, -0.15) is 0 Å². The fourth-order valence-corrected chi connectivity index (χ4v) is 3.85. The van der Waals surface area contributed by atoms with Crippen molar-refractivity contribution < 1.29 is 0 Å². The minimum Gasteiger partial charge on any atom is -0.346 e. The lowest BCUT2D eigenvalue weighted by atomic mass is 10.1. The van der Waals surface area contributed by atoms with Crippen LogP contribution in [0.4, 0.5) is 5.13 Å². The Hall–Kier alpha value is -1.10. The van der Waals surface area contributed by atoms with Gasteiger partial charge in [0.2, 0.25) is 0 Å². The molecule has 1 atom stereocenters. The van der Waals surface area contributed by atoms with E-state index in [1.165, 1.54) is 5.56 Å². The van der Waals surface area contributed by atoms with Crippen molar-refractivity contribution in [2.24, 2.45) is 5.92 Å². The van der Waals surface area contributed by atoms with E-state index < -0.39 is 0 Å². The molecule has 0 amide bonds. The molecule has 1 aromatic carbocycles. The number of aromatic nitrogens is 1. The number of hydrogen-bond acceptors (Lipinski definition) is 4. The zero-order chi connectivity index (χ0) is 14.7. The van der Waals surface area contributed by atoms with E-state index in [4.69, 9.17) is 11.6 Å². The molecule has 0 saturated carbocycles. The van der Waals surface area contributed by atoms with E-state index in [9.17, 15) is 0 Å². The third-order valence-corrected chi connectivity index (χ3v) is 5.00. The molecule has 0 bridgehead atoms. The van der Waals surface area contributed by atoms with Gasteiger partial charge in [-0.1, -0.05) is 48.9 Å². The highest BCUT2D eigenvalue weighted by Crippen LogP contribution is 2.25. The van der Waals surface area contributed by atoms with Gasteiger partial charge in [0.05, 0.1) is 0 Å². The fraction of sp³-hybridized carbons (Fsp3) is 0.438. The van der Waals surface area contributed by atoms with Gasteiger partial charge in [0.1, 0.15) is 5.15 Å². The van der Waals surface area contributed by atoms with Gasteiger partial charge >= 0.3 is 0 Å². The van der Waals surface area contributed by atoms with E-state index in [1.54, 1.807) is 11.3 Å². The molecule has 0 aliphatic carbocycles. The first-order chi connectivity index (χ1) is 10.2. The Kier molecular flexibility index (Phi) is 4.78. The summed E-state index contributed by atoms with van der Waals surface area (Å²) in [6.45, 7) is 7.60. The number of nitrogens with zero attached hydrogens (tertiary/aromatic N) is 3. The summed E-state index contributed by atoms with van der Waals surface area (Å²) in [6, 6.07) is 10.7. The molecule has 2 heterocycles.